The van der Waals surface area contributed by atoms with Crippen LogP contribution in [0.1, 0.15) is 26.0 Å². The van der Waals surface area contributed by atoms with E-state index in [0.717, 1.165) is 11.1 Å². The third kappa shape index (κ3) is 10.9. The number of hydrogen-bond donors (Lipinski definition) is 5. The summed E-state index contributed by atoms with van der Waals surface area (Å²) in [5.41, 5.74) is 11.5. The predicted octanol–water partition coefficient (Wildman–Crippen LogP) is 5.01. The number of amides is 2. The fourth-order valence-electron chi connectivity index (χ4n) is 2.86. The van der Waals surface area contributed by atoms with Gasteiger partial charge in [0.05, 0.1) is 11.2 Å². The molecule has 0 aliphatic carbocycles. The Kier molecular flexibility index (Phi) is 15.8. The van der Waals surface area contributed by atoms with Crippen LogP contribution in [0.15, 0.2) is 76.8 Å². The van der Waals surface area contributed by atoms with Crippen LogP contribution in [0.25, 0.3) is 22.3 Å². The zero-order chi connectivity index (χ0) is 26.1. The van der Waals surface area contributed by atoms with Crippen molar-refractivity contribution in [1.82, 2.24) is 0 Å². The molecule has 1 aromatic heterocycles. The van der Waals surface area contributed by atoms with Crippen molar-refractivity contribution in [2.24, 2.45) is 16.6 Å². The number of thiol groups is 2. The third-order valence-corrected chi connectivity index (χ3v) is 5.42. The Balaban J connectivity index is 0. The van der Waals surface area contributed by atoms with Gasteiger partial charge in [0, 0.05) is 27.6 Å². The molecule has 8 N–H and O–H groups in total. The number of carbonyl (C=O) groups excluding carboxylic acids is 2. The topological polar surface area (TPSA) is 191 Å². The van der Waals surface area contributed by atoms with Crippen molar-refractivity contribution in [1.29, 1.82) is 0 Å². The molecule has 9 nitrogen and oxygen atoms in total. The molecule has 0 aliphatic heterocycles. The second-order valence-electron chi connectivity index (χ2n) is 6.64. The smallest absolute Gasteiger partial charge is 0.273 e. The average molecular weight is 576 g/mol. The van der Waals surface area contributed by atoms with Crippen LogP contribution in [0.3, 0.4) is 0 Å². The second-order valence-corrected chi connectivity index (χ2v) is 9.49. The van der Waals surface area contributed by atoms with Gasteiger partial charge in [-0.25, -0.2) is 13.6 Å². The van der Waals surface area contributed by atoms with Gasteiger partial charge in [-0.2, -0.15) is 0 Å². The zero-order valence-corrected chi connectivity index (χ0v) is 21.9. The lowest BCUT2D eigenvalue weighted by molar-refractivity contribution is 0.266. The molecular formula is C23H30ClN3O6S3. The molecule has 198 valence electrons. The Morgan fingerprint density at radius 2 is 1.50 bits per heavy atom. The molecule has 36 heavy (non-hydrogen) atoms. The van der Waals surface area contributed by atoms with Gasteiger partial charge in [0.25, 0.3) is 10.5 Å². The largest absolute Gasteiger partial charge is 0.467 e. The van der Waals surface area contributed by atoms with Gasteiger partial charge < -0.3 is 21.4 Å². The first kappa shape index (κ1) is 35.4. The maximum atomic E-state index is 12.0. The summed E-state index contributed by atoms with van der Waals surface area (Å²) >= 11 is 12.2. The van der Waals surface area contributed by atoms with Crippen LogP contribution in [-0.4, -0.2) is 24.4 Å². The Bertz CT molecular complexity index is 1240. The maximum Gasteiger partial charge on any atom is 0.273 e. The molecule has 0 saturated heterocycles. The molecular weight excluding hydrogens is 546 g/mol. The summed E-state index contributed by atoms with van der Waals surface area (Å²) in [6.45, 7) is 5.79. The van der Waals surface area contributed by atoms with Crippen LogP contribution in [-0.2, 0) is 10.0 Å². The van der Waals surface area contributed by atoms with Crippen LogP contribution >= 0.6 is 36.9 Å². The normalized spacial score (nSPS) is 10.6. The minimum absolute atomic E-state index is 0. The number of primary amides is 2. The van der Waals surface area contributed by atoms with E-state index in [2.05, 4.69) is 43.3 Å². The number of nitrogens with two attached hydrogens (primary N) is 3. The first-order valence-electron chi connectivity index (χ1n) is 9.38. The number of halogens is 1. The van der Waals surface area contributed by atoms with Crippen molar-refractivity contribution in [2.75, 3.05) is 0 Å². The molecule has 0 spiro atoms. The molecule has 3 rings (SSSR count). The van der Waals surface area contributed by atoms with Gasteiger partial charge in [0.2, 0.25) is 10.0 Å². The Labute approximate surface area is 226 Å². The molecule has 0 bridgehead atoms. The number of sulfonamides is 1. The lowest BCUT2D eigenvalue weighted by Gasteiger charge is -2.11. The molecule has 2 amide bonds. The summed E-state index contributed by atoms with van der Waals surface area (Å²) in [7, 11) is -3.89. The van der Waals surface area contributed by atoms with E-state index in [0.29, 0.717) is 21.9 Å². The lowest BCUT2D eigenvalue weighted by atomic mass is 9.93. The van der Waals surface area contributed by atoms with E-state index in [9.17, 15) is 8.42 Å². The van der Waals surface area contributed by atoms with E-state index in [-0.39, 0.29) is 23.7 Å². The van der Waals surface area contributed by atoms with Crippen molar-refractivity contribution in [3.05, 3.63) is 78.2 Å². The van der Waals surface area contributed by atoms with Crippen LogP contribution in [0.5, 0.6) is 0 Å². The number of allylic oxidation sites excluding steroid dienone is 1. The van der Waals surface area contributed by atoms with Gasteiger partial charge in [-0.1, -0.05) is 87.6 Å². The van der Waals surface area contributed by atoms with Gasteiger partial charge >= 0.3 is 0 Å². The second kappa shape index (κ2) is 16.1. The molecule has 0 aliphatic rings. The Morgan fingerprint density at radius 1 is 1.03 bits per heavy atom. The predicted molar refractivity (Wildman–Crippen MR) is 152 cm³/mol. The van der Waals surface area contributed by atoms with Crippen molar-refractivity contribution < 1.29 is 27.9 Å². The number of rotatable bonds is 5. The number of primary sulfonamides is 1. The third-order valence-electron chi connectivity index (χ3n) is 4.20. The highest BCUT2D eigenvalue weighted by atomic mass is 35.5. The minimum atomic E-state index is -3.89. The fraction of sp³-hybridized carbons (Fsp3) is 0.130. The van der Waals surface area contributed by atoms with E-state index in [4.69, 9.17) is 30.7 Å². The first-order valence-corrected chi connectivity index (χ1v) is 12.2. The van der Waals surface area contributed by atoms with Gasteiger partial charge in [-0.05, 0) is 23.8 Å². The highest BCUT2D eigenvalue weighted by Crippen LogP contribution is 2.42. The average Bonchev–Trinajstić information content (AvgIpc) is 3.17. The van der Waals surface area contributed by atoms with Gasteiger partial charge in [-0.3, -0.25) is 9.59 Å². The SMILES string of the molecule is C.C=CC(C)c1occ(-c2ccccc2S(N)(=O)=O)c1-c1ccc(Cl)cc1.NC(=O)S.NC(=O)S.O. The number of furan rings is 1. The fourth-order valence-corrected chi connectivity index (χ4v) is 3.74. The van der Waals surface area contributed by atoms with Crippen molar-refractivity contribution in [3.8, 4) is 22.3 Å². The minimum Gasteiger partial charge on any atom is -0.467 e. The highest BCUT2D eigenvalue weighted by molar-refractivity contribution is 7.96. The summed E-state index contributed by atoms with van der Waals surface area (Å²) in [6.07, 6.45) is 3.33. The van der Waals surface area contributed by atoms with Crippen molar-refractivity contribution in [3.63, 3.8) is 0 Å². The molecule has 0 saturated carbocycles. The molecule has 1 unspecified atom stereocenters. The standard InChI is InChI=1S/C20H18ClNO3S.2CH3NOS.CH4.H2O/c1-3-13(2)20-19(14-8-10-15(21)11-9-14)17(12-25-20)16-6-4-5-7-18(16)26(22,23)24;2*2-1(3)4;;/h3-13H,1H2,2H3,(H2,22,23,24);2*(H3,2,3,4);1H4;1H2. The van der Waals surface area contributed by atoms with Gasteiger partial charge in [0.15, 0.2) is 0 Å². The van der Waals surface area contributed by atoms with Crippen LogP contribution in [0.2, 0.25) is 5.02 Å². The van der Waals surface area contributed by atoms with E-state index in [1.54, 1.807) is 42.7 Å². The summed E-state index contributed by atoms with van der Waals surface area (Å²) < 4.78 is 29.9. The number of carbonyl (C=O) groups is 2. The molecule has 1 atom stereocenters. The van der Waals surface area contributed by atoms with E-state index < -0.39 is 20.5 Å². The molecule has 13 heteroatoms. The number of benzene rings is 2. The summed E-state index contributed by atoms with van der Waals surface area (Å²) in [6, 6.07) is 13.9. The molecule has 0 fully saturated rings. The first-order chi connectivity index (χ1) is 15.8. The lowest BCUT2D eigenvalue weighted by Crippen LogP contribution is -2.13. The van der Waals surface area contributed by atoms with E-state index in [1.165, 1.54) is 6.07 Å². The Hall–Kier alpha value is -2.74. The molecule has 2 aromatic carbocycles. The van der Waals surface area contributed by atoms with Crippen LogP contribution in [0, 0.1) is 0 Å². The quantitative estimate of drug-likeness (QED) is 0.210. The monoisotopic (exact) mass is 575 g/mol. The van der Waals surface area contributed by atoms with Gasteiger partial charge in [0.1, 0.15) is 5.76 Å². The molecule has 3 aromatic rings. The summed E-state index contributed by atoms with van der Waals surface area (Å²) in [5, 5.41) is 4.74. The Morgan fingerprint density at radius 3 is 1.94 bits per heavy atom. The highest BCUT2D eigenvalue weighted by Gasteiger charge is 2.24. The maximum absolute atomic E-state index is 12.0. The number of hydrogen-bond acceptors (Lipinski definition) is 5. The van der Waals surface area contributed by atoms with E-state index >= 15 is 0 Å². The van der Waals surface area contributed by atoms with Crippen molar-refractivity contribution >= 4 is 57.4 Å². The van der Waals surface area contributed by atoms with Crippen molar-refractivity contribution in [2.45, 2.75) is 25.2 Å². The summed E-state index contributed by atoms with van der Waals surface area (Å²) in [5.74, 6) is 0.637. The van der Waals surface area contributed by atoms with Crippen LogP contribution < -0.4 is 16.6 Å². The van der Waals surface area contributed by atoms with E-state index in [1.807, 2.05) is 19.1 Å². The molecule has 1 heterocycles. The van der Waals surface area contributed by atoms with Gasteiger partial charge in [-0.15, -0.1) is 6.58 Å². The van der Waals surface area contributed by atoms with Crippen LogP contribution in [0.4, 0.5) is 9.59 Å². The summed E-state index contributed by atoms with van der Waals surface area (Å²) in [4.78, 5) is 18.2. The zero-order valence-electron chi connectivity index (χ0n) is 18.5. The molecule has 0 radical (unpaired) electrons.